The Bertz CT molecular complexity index is 751. The van der Waals surface area contributed by atoms with Crippen molar-refractivity contribution in [3.05, 3.63) is 40.4 Å². The highest BCUT2D eigenvalue weighted by molar-refractivity contribution is 7.14. The second-order valence-electron chi connectivity index (χ2n) is 6.40. The quantitative estimate of drug-likeness (QED) is 0.750. The van der Waals surface area contributed by atoms with Crippen LogP contribution in [0.2, 0.25) is 5.02 Å². The van der Waals surface area contributed by atoms with Gasteiger partial charge in [0.05, 0.1) is 12.1 Å². The zero-order valence-corrected chi connectivity index (χ0v) is 16.8. The minimum absolute atomic E-state index is 0.0254. The molecule has 1 heterocycles. The number of rotatable bonds is 6. The third-order valence-corrected chi connectivity index (χ3v) is 4.67. The molecule has 26 heavy (non-hydrogen) atoms. The van der Waals surface area contributed by atoms with Crippen LogP contribution in [0.4, 0.5) is 15.6 Å². The average molecular weight is 395 g/mol. The van der Waals surface area contributed by atoms with E-state index >= 15 is 0 Å². The van der Waals surface area contributed by atoms with Gasteiger partial charge in [0.15, 0.2) is 5.13 Å². The fourth-order valence-electron chi connectivity index (χ4n) is 2.66. The molecule has 0 aliphatic rings. The second kappa shape index (κ2) is 9.00. The van der Waals surface area contributed by atoms with Gasteiger partial charge in [-0.25, -0.2) is 9.78 Å². The number of carbonyl (C=O) groups is 2. The van der Waals surface area contributed by atoms with Gasteiger partial charge in [-0.1, -0.05) is 11.6 Å². The molecule has 0 bridgehead atoms. The van der Waals surface area contributed by atoms with Crippen LogP contribution in [-0.2, 0) is 11.2 Å². The molecule has 0 aliphatic carbocycles. The number of hydrogen-bond acceptors (Lipinski definition) is 4. The van der Waals surface area contributed by atoms with Crippen LogP contribution in [-0.4, -0.2) is 33.9 Å². The van der Waals surface area contributed by atoms with Gasteiger partial charge in [-0.05, 0) is 52.0 Å². The van der Waals surface area contributed by atoms with Gasteiger partial charge in [0.2, 0.25) is 5.91 Å². The smallest absolute Gasteiger partial charge is 0.325 e. The molecular formula is C18H23ClN4O2S. The van der Waals surface area contributed by atoms with E-state index in [-0.39, 0.29) is 24.4 Å². The summed E-state index contributed by atoms with van der Waals surface area (Å²) < 4.78 is 0. The third kappa shape index (κ3) is 5.71. The normalized spacial score (nSPS) is 10.9. The number of nitrogens with zero attached hydrogens (tertiary/aromatic N) is 2. The number of halogens is 1. The SMILES string of the molecule is CC(C)N(C(=O)Cc1csc(NC(=O)Nc2ccc(Cl)cc2)n1)C(C)C. The number of benzene rings is 1. The maximum atomic E-state index is 12.5. The largest absolute Gasteiger partial charge is 0.338 e. The Balaban J connectivity index is 1.93. The summed E-state index contributed by atoms with van der Waals surface area (Å²) >= 11 is 7.10. The van der Waals surface area contributed by atoms with Crippen LogP contribution in [0.3, 0.4) is 0 Å². The first kappa shape index (κ1) is 20.2. The Morgan fingerprint density at radius 1 is 1.12 bits per heavy atom. The maximum absolute atomic E-state index is 12.5. The zero-order chi connectivity index (χ0) is 19.3. The Labute approximate surface area is 162 Å². The molecule has 0 saturated carbocycles. The van der Waals surface area contributed by atoms with Crippen LogP contribution in [0.1, 0.15) is 33.4 Å². The molecule has 1 aromatic heterocycles. The molecule has 1 aromatic carbocycles. The van der Waals surface area contributed by atoms with Crippen molar-refractivity contribution in [3.63, 3.8) is 0 Å². The van der Waals surface area contributed by atoms with Crippen LogP contribution < -0.4 is 10.6 Å². The van der Waals surface area contributed by atoms with Crippen LogP contribution in [0.25, 0.3) is 0 Å². The topological polar surface area (TPSA) is 74.3 Å². The number of aromatic nitrogens is 1. The summed E-state index contributed by atoms with van der Waals surface area (Å²) in [6.45, 7) is 7.97. The van der Waals surface area contributed by atoms with Gasteiger partial charge in [0.25, 0.3) is 0 Å². The van der Waals surface area contributed by atoms with Crippen molar-refractivity contribution in [1.82, 2.24) is 9.88 Å². The van der Waals surface area contributed by atoms with E-state index in [0.29, 0.717) is 21.5 Å². The molecule has 0 aliphatic heterocycles. The first-order valence-corrected chi connectivity index (χ1v) is 9.61. The molecule has 0 fully saturated rings. The lowest BCUT2D eigenvalue weighted by atomic mass is 10.2. The number of carbonyl (C=O) groups excluding carboxylic acids is 2. The highest BCUT2D eigenvalue weighted by Crippen LogP contribution is 2.18. The maximum Gasteiger partial charge on any atom is 0.325 e. The molecule has 2 N–H and O–H groups in total. The molecule has 0 spiro atoms. The molecule has 0 unspecified atom stereocenters. The summed E-state index contributed by atoms with van der Waals surface area (Å²) in [6.07, 6.45) is 0.216. The van der Waals surface area contributed by atoms with E-state index in [4.69, 9.17) is 11.6 Å². The van der Waals surface area contributed by atoms with Crippen molar-refractivity contribution < 1.29 is 9.59 Å². The van der Waals surface area contributed by atoms with Crippen molar-refractivity contribution in [1.29, 1.82) is 0 Å². The van der Waals surface area contributed by atoms with E-state index in [2.05, 4.69) is 15.6 Å². The first-order valence-electron chi connectivity index (χ1n) is 8.35. The fourth-order valence-corrected chi connectivity index (χ4v) is 3.49. The highest BCUT2D eigenvalue weighted by atomic mass is 35.5. The molecule has 0 radical (unpaired) electrons. The summed E-state index contributed by atoms with van der Waals surface area (Å²) in [5.41, 5.74) is 1.27. The van der Waals surface area contributed by atoms with Gasteiger partial charge in [-0.3, -0.25) is 10.1 Å². The molecule has 3 amide bonds. The van der Waals surface area contributed by atoms with Crippen LogP contribution in [0, 0.1) is 0 Å². The number of nitrogens with one attached hydrogen (secondary N) is 2. The van der Waals surface area contributed by atoms with E-state index in [1.807, 2.05) is 32.6 Å². The summed E-state index contributed by atoms with van der Waals surface area (Å²) in [7, 11) is 0. The lowest BCUT2D eigenvalue weighted by Gasteiger charge is -2.30. The van der Waals surface area contributed by atoms with E-state index in [1.54, 1.807) is 29.6 Å². The van der Waals surface area contributed by atoms with Crippen molar-refractivity contribution >= 4 is 45.7 Å². The number of amides is 3. The van der Waals surface area contributed by atoms with Gasteiger partial charge in [0.1, 0.15) is 0 Å². The van der Waals surface area contributed by atoms with E-state index in [1.165, 1.54) is 11.3 Å². The molecule has 2 rings (SSSR count). The Hall–Kier alpha value is -2.12. The van der Waals surface area contributed by atoms with Crippen LogP contribution in [0.15, 0.2) is 29.6 Å². The van der Waals surface area contributed by atoms with E-state index < -0.39 is 6.03 Å². The third-order valence-electron chi connectivity index (χ3n) is 3.61. The fraction of sp³-hybridized carbons (Fsp3) is 0.389. The minimum atomic E-state index is -0.398. The van der Waals surface area contributed by atoms with Crippen molar-refractivity contribution in [2.24, 2.45) is 0 Å². The standard InChI is InChI=1S/C18H23ClN4O2S/c1-11(2)23(12(3)4)16(24)9-15-10-26-18(21-15)22-17(25)20-14-7-5-13(19)6-8-14/h5-8,10-12H,9H2,1-4H3,(H2,20,21,22,25). The predicted molar refractivity (Wildman–Crippen MR) is 107 cm³/mol. The molecule has 0 saturated heterocycles. The molecule has 0 atom stereocenters. The van der Waals surface area contributed by atoms with E-state index in [9.17, 15) is 9.59 Å². The van der Waals surface area contributed by atoms with Crippen molar-refractivity contribution in [3.8, 4) is 0 Å². The van der Waals surface area contributed by atoms with Gasteiger partial charge in [0, 0.05) is 28.2 Å². The molecular weight excluding hydrogens is 372 g/mol. The average Bonchev–Trinajstić information content (AvgIpc) is 2.95. The summed E-state index contributed by atoms with van der Waals surface area (Å²) in [5.74, 6) is 0.0254. The molecule has 140 valence electrons. The van der Waals surface area contributed by atoms with Gasteiger partial charge in [-0.2, -0.15) is 0 Å². The molecule has 2 aromatic rings. The van der Waals surface area contributed by atoms with Crippen LogP contribution in [0.5, 0.6) is 0 Å². The van der Waals surface area contributed by atoms with Gasteiger partial charge in [-0.15, -0.1) is 11.3 Å². The second-order valence-corrected chi connectivity index (χ2v) is 7.69. The summed E-state index contributed by atoms with van der Waals surface area (Å²) in [4.78, 5) is 30.7. The summed E-state index contributed by atoms with van der Waals surface area (Å²) in [6, 6.07) is 6.66. The number of urea groups is 1. The first-order chi connectivity index (χ1) is 12.3. The van der Waals surface area contributed by atoms with Crippen molar-refractivity contribution in [2.45, 2.75) is 46.2 Å². The highest BCUT2D eigenvalue weighted by Gasteiger charge is 2.21. The Kier molecular flexibility index (Phi) is 6.99. The summed E-state index contributed by atoms with van der Waals surface area (Å²) in [5, 5.41) is 8.20. The predicted octanol–water partition coefficient (Wildman–Crippen LogP) is 4.63. The number of hydrogen-bond donors (Lipinski definition) is 2. The number of thiazole rings is 1. The van der Waals surface area contributed by atoms with E-state index in [0.717, 1.165) is 0 Å². The van der Waals surface area contributed by atoms with Crippen LogP contribution >= 0.6 is 22.9 Å². The molecule has 6 nitrogen and oxygen atoms in total. The van der Waals surface area contributed by atoms with Crippen molar-refractivity contribution in [2.75, 3.05) is 10.6 Å². The van der Waals surface area contributed by atoms with Gasteiger partial charge >= 0.3 is 6.03 Å². The lowest BCUT2D eigenvalue weighted by molar-refractivity contribution is -0.134. The lowest BCUT2D eigenvalue weighted by Crippen LogP contribution is -2.42. The minimum Gasteiger partial charge on any atom is -0.338 e. The monoisotopic (exact) mass is 394 g/mol. The zero-order valence-electron chi connectivity index (χ0n) is 15.2. The van der Waals surface area contributed by atoms with Gasteiger partial charge < -0.3 is 10.2 Å². The Morgan fingerprint density at radius 3 is 2.31 bits per heavy atom. The number of anilines is 2. The molecule has 8 heteroatoms. The Morgan fingerprint density at radius 2 is 1.73 bits per heavy atom.